The molecule has 0 amide bonds. The van der Waals surface area contributed by atoms with Gasteiger partial charge in [-0.2, -0.15) is 0 Å². The maximum Gasteiger partial charge on any atom is 0.0306 e. The van der Waals surface area contributed by atoms with Gasteiger partial charge in [-0.15, -0.1) is 0 Å². The number of halogens is 1. The molecule has 0 saturated carbocycles. The highest BCUT2D eigenvalue weighted by Gasteiger charge is 2.09. The normalized spacial score (nSPS) is 12.8. The van der Waals surface area contributed by atoms with Gasteiger partial charge in [-0.1, -0.05) is 34.5 Å². The first-order valence-electron chi connectivity index (χ1n) is 5.37. The molecule has 0 saturated heterocycles. The molecule has 0 bridgehead atoms. The van der Waals surface area contributed by atoms with Gasteiger partial charge in [0.1, 0.15) is 0 Å². The fraction of sp³-hybridized carbons (Fsp3) is 0.500. The van der Waals surface area contributed by atoms with Crippen LogP contribution in [0.1, 0.15) is 36.4 Å². The molecule has 84 valence electrons. The van der Waals surface area contributed by atoms with Gasteiger partial charge < -0.3 is 11.5 Å². The van der Waals surface area contributed by atoms with Crippen molar-refractivity contribution < 1.29 is 0 Å². The first-order chi connectivity index (χ1) is 7.15. The van der Waals surface area contributed by atoms with E-state index in [1.165, 1.54) is 11.1 Å². The van der Waals surface area contributed by atoms with Gasteiger partial charge in [0.15, 0.2) is 0 Å². The Hall–Kier alpha value is -0.380. The Balaban J connectivity index is 2.61. The van der Waals surface area contributed by atoms with Crippen LogP contribution in [0.5, 0.6) is 0 Å². The van der Waals surface area contributed by atoms with Crippen molar-refractivity contribution in [1.82, 2.24) is 0 Å². The SMILES string of the molecule is Cc1ccc([C@@H](N)CCCCN)c(Br)c1. The number of unbranched alkanes of at least 4 members (excludes halogenated alkanes) is 1. The molecular weight excluding hydrogens is 252 g/mol. The van der Waals surface area contributed by atoms with E-state index in [1.807, 2.05) is 0 Å². The lowest BCUT2D eigenvalue weighted by atomic mass is 10.0. The summed E-state index contributed by atoms with van der Waals surface area (Å²) in [5.41, 5.74) is 14.0. The highest BCUT2D eigenvalue weighted by Crippen LogP contribution is 2.26. The summed E-state index contributed by atoms with van der Waals surface area (Å²) < 4.78 is 1.11. The van der Waals surface area contributed by atoms with Crippen molar-refractivity contribution >= 4 is 15.9 Å². The van der Waals surface area contributed by atoms with E-state index in [9.17, 15) is 0 Å². The van der Waals surface area contributed by atoms with Gasteiger partial charge in [-0.3, -0.25) is 0 Å². The molecule has 1 aromatic carbocycles. The van der Waals surface area contributed by atoms with E-state index in [4.69, 9.17) is 11.5 Å². The van der Waals surface area contributed by atoms with Gasteiger partial charge in [0.05, 0.1) is 0 Å². The van der Waals surface area contributed by atoms with Crippen molar-refractivity contribution in [2.24, 2.45) is 11.5 Å². The maximum atomic E-state index is 6.12. The topological polar surface area (TPSA) is 52.0 Å². The van der Waals surface area contributed by atoms with Crippen molar-refractivity contribution in [3.8, 4) is 0 Å². The summed E-state index contributed by atoms with van der Waals surface area (Å²) >= 11 is 3.55. The summed E-state index contributed by atoms with van der Waals surface area (Å²) in [5, 5.41) is 0. The molecule has 4 N–H and O–H groups in total. The van der Waals surface area contributed by atoms with Crippen molar-refractivity contribution in [1.29, 1.82) is 0 Å². The molecular formula is C12H19BrN2. The molecule has 0 aliphatic rings. The Labute approximate surface area is 100 Å². The molecule has 0 aliphatic carbocycles. The number of hydrogen-bond acceptors (Lipinski definition) is 2. The smallest absolute Gasteiger partial charge is 0.0306 e. The molecule has 1 atom stereocenters. The predicted octanol–water partition coefficient (Wildman–Crippen LogP) is 2.89. The second kappa shape index (κ2) is 6.26. The fourth-order valence-electron chi connectivity index (χ4n) is 1.60. The summed E-state index contributed by atoms with van der Waals surface area (Å²) in [6.07, 6.45) is 3.15. The minimum Gasteiger partial charge on any atom is -0.330 e. The predicted molar refractivity (Wildman–Crippen MR) is 68.7 cm³/mol. The second-order valence-electron chi connectivity index (χ2n) is 3.92. The highest BCUT2D eigenvalue weighted by atomic mass is 79.9. The quantitative estimate of drug-likeness (QED) is 0.809. The molecule has 0 aromatic heterocycles. The van der Waals surface area contributed by atoms with Crippen molar-refractivity contribution in [3.63, 3.8) is 0 Å². The Morgan fingerprint density at radius 3 is 2.67 bits per heavy atom. The Morgan fingerprint density at radius 1 is 1.33 bits per heavy atom. The summed E-state index contributed by atoms with van der Waals surface area (Å²) in [6, 6.07) is 6.43. The Morgan fingerprint density at radius 2 is 2.07 bits per heavy atom. The Bertz CT molecular complexity index is 312. The number of nitrogens with two attached hydrogens (primary N) is 2. The number of aryl methyl sites for hydroxylation is 1. The highest BCUT2D eigenvalue weighted by molar-refractivity contribution is 9.10. The molecule has 2 nitrogen and oxygen atoms in total. The molecule has 0 spiro atoms. The zero-order chi connectivity index (χ0) is 11.3. The molecule has 0 unspecified atom stereocenters. The van der Waals surface area contributed by atoms with E-state index < -0.39 is 0 Å². The molecule has 0 fully saturated rings. The number of hydrogen-bond donors (Lipinski definition) is 2. The summed E-state index contributed by atoms with van der Waals surface area (Å²) in [4.78, 5) is 0. The van der Waals surface area contributed by atoms with Gasteiger partial charge >= 0.3 is 0 Å². The van der Waals surface area contributed by atoms with Crippen molar-refractivity contribution in [3.05, 3.63) is 33.8 Å². The van der Waals surface area contributed by atoms with Crippen LogP contribution in [0.4, 0.5) is 0 Å². The lowest BCUT2D eigenvalue weighted by Gasteiger charge is -2.14. The molecule has 1 rings (SSSR count). The minimum atomic E-state index is 0.117. The first kappa shape index (κ1) is 12.7. The molecule has 0 aliphatic heterocycles. The second-order valence-corrected chi connectivity index (χ2v) is 4.77. The maximum absolute atomic E-state index is 6.12. The molecule has 0 heterocycles. The standard InChI is InChI=1S/C12H19BrN2/c1-9-5-6-10(11(13)8-9)12(15)4-2-3-7-14/h5-6,8,12H,2-4,7,14-15H2,1H3/t12-/m0/s1. The molecule has 15 heavy (non-hydrogen) atoms. The number of benzene rings is 1. The summed E-state index contributed by atoms with van der Waals surface area (Å²) in [7, 11) is 0. The van der Waals surface area contributed by atoms with E-state index in [2.05, 4.69) is 41.1 Å². The van der Waals surface area contributed by atoms with Crippen molar-refractivity contribution in [2.45, 2.75) is 32.2 Å². The Kier molecular flexibility index (Phi) is 5.29. The van der Waals surface area contributed by atoms with E-state index in [0.29, 0.717) is 0 Å². The van der Waals surface area contributed by atoms with Crippen LogP contribution in [0, 0.1) is 6.92 Å². The van der Waals surface area contributed by atoms with Crippen LogP contribution in [-0.4, -0.2) is 6.54 Å². The van der Waals surface area contributed by atoms with E-state index in [-0.39, 0.29) is 6.04 Å². The van der Waals surface area contributed by atoms with Gasteiger partial charge in [0.25, 0.3) is 0 Å². The third kappa shape index (κ3) is 3.93. The van der Waals surface area contributed by atoms with E-state index in [0.717, 1.165) is 30.3 Å². The van der Waals surface area contributed by atoms with Crippen LogP contribution in [0.25, 0.3) is 0 Å². The van der Waals surface area contributed by atoms with E-state index in [1.54, 1.807) is 0 Å². The molecule has 1 aromatic rings. The van der Waals surface area contributed by atoms with Crippen LogP contribution < -0.4 is 11.5 Å². The summed E-state index contributed by atoms with van der Waals surface area (Å²) in [5.74, 6) is 0. The third-order valence-corrected chi connectivity index (χ3v) is 3.21. The van der Waals surface area contributed by atoms with Gasteiger partial charge in [-0.25, -0.2) is 0 Å². The van der Waals surface area contributed by atoms with Gasteiger partial charge in [0.2, 0.25) is 0 Å². The van der Waals surface area contributed by atoms with E-state index >= 15 is 0 Å². The van der Waals surface area contributed by atoms with Crippen molar-refractivity contribution in [2.75, 3.05) is 6.54 Å². The van der Waals surface area contributed by atoms with Gasteiger partial charge in [-0.05, 0) is 43.5 Å². The number of rotatable bonds is 5. The zero-order valence-corrected chi connectivity index (χ0v) is 10.8. The third-order valence-electron chi connectivity index (χ3n) is 2.52. The zero-order valence-electron chi connectivity index (χ0n) is 9.17. The van der Waals surface area contributed by atoms with Crippen LogP contribution in [-0.2, 0) is 0 Å². The van der Waals surface area contributed by atoms with Crippen LogP contribution >= 0.6 is 15.9 Å². The summed E-state index contributed by atoms with van der Waals surface area (Å²) in [6.45, 7) is 2.83. The first-order valence-corrected chi connectivity index (χ1v) is 6.16. The lowest BCUT2D eigenvalue weighted by Crippen LogP contribution is -2.11. The largest absolute Gasteiger partial charge is 0.330 e. The average Bonchev–Trinajstić information content (AvgIpc) is 2.17. The molecule has 3 heteroatoms. The minimum absolute atomic E-state index is 0.117. The monoisotopic (exact) mass is 270 g/mol. The van der Waals surface area contributed by atoms with Crippen LogP contribution in [0.3, 0.4) is 0 Å². The molecule has 0 radical (unpaired) electrons. The van der Waals surface area contributed by atoms with Crippen LogP contribution in [0.15, 0.2) is 22.7 Å². The average molecular weight is 271 g/mol. The fourth-order valence-corrected chi connectivity index (χ4v) is 2.38. The lowest BCUT2D eigenvalue weighted by molar-refractivity contribution is 0.589. The van der Waals surface area contributed by atoms with Gasteiger partial charge in [0, 0.05) is 10.5 Å². The van der Waals surface area contributed by atoms with Crippen LogP contribution in [0.2, 0.25) is 0 Å².